The number of benzene rings is 2. The predicted octanol–water partition coefficient (Wildman–Crippen LogP) is 6.60. The number of para-hydroxylation sites is 3. The summed E-state index contributed by atoms with van der Waals surface area (Å²) in [6.07, 6.45) is 10.6. The number of rotatable bonds is 5. The number of nitrogens with zero attached hydrogens (tertiary/aromatic N) is 2. The number of hydrogen-bond donors (Lipinski definition) is 2. The lowest BCUT2D eigenvalue weighted by Crippen LogP contribution is -2.55. The Balaban J connectivity index is 1.04. The molecule has 1 aromatic heterocycles. The van der Waals surface area contributed by atoms with Gasteiger partial charge in [0.15, 0.2) is 0 Å². The van der Waals surface area contributed by atoms with Gasteiger partial charge in [-0.05, 0) is 118 Å². The second-order valence-electron chi connectivity index (χ2n) is 12.3. The summed E-state index contributed by atoms with van der Waals surface area (Å²) in [5.74, 6) is 3.43. The molecule has 0 amide bonds. The van der Waals surface area contributed by atoms with Gasteiger partial charge in [0, 0.05) is 13.1 Å². The van der Waals surface area contributed by atoms with Crippen molar-refractivity contribution in [2.24, 2.45) is 29.1 Å². The number of fused-ring (bicyclic) bond motifs is 2. The van der Waals surface area contributed by atoms with Crippen LogP contribution in [-0.2, 0) is 6.54 Å². The van der Waals surface area contributed by atoms with E-state index in [1.165, 1.54) is 72.6 Å². The van der Waals surface area contributed by atoms with Gasteiger partial charge in [0.25, 0.3) is 0 Å². The number of nitrogens with one attached hydrogen (secondary N) is 1. The second kappa shape index (κ2) is 8.93. The minimum absolute atomic E-state index is 0.122. The second-order valence-corrected chi connectivity index (χ2v) is 13.4. The fourth-order valence-electron chi connectivity index (χ4n) is 8.50. The molecule has 0 spiro atoms. The van der Waals surface area contributed by atoms with Gasteiger partial charge in [0.1, 0.15) is 0 Å². The van der Waals surface area contributed by atoms with Gasteiger partial charge < -0.3 is 15.0 Å². The molecule has 5 aliphatic rings. The molecule has 4 nitrogen and oxygen atoms in total. The highest BCUT2D eigenvalue weighted by Gasteiger charge is 2.54. The fourth-order valence-corrected chi connectivity index (χ4v) is 9.64. The quantitative estimate of drug-likeness (QED) is 0.424. The standard InChI is InChI=1S/C30H39N3OS/c34-29(30-16-22-13-23(17-30)15-24(14-22)18-30)20-32-11-9-21(10-12-32)19-33-27-7-3-1-5-25(27)31-26-6-2-4-8-28(26)35-33/h1-8,21-24,29,31,34H,9-20H2/t22?,23?,24?,29-,30?/m1/s1. The fraction of sp³-hybridized carbons (Fsp3) is 0.600. The number of aromatic nitrogens is 2. The molecule has 8 rings (SSSR count). The van der Waals surface area contributed by atoms with Crippen molar-refractivity contribution < 1.29 is 5.11 Å². The Kier molecular flexibility index (Phi) is 5.71. The van der Waals surface area contributed by atoms with Crippen LogP contribution in [0, 0.1) is 29.1 Å². The van der Waals surface area contributed by atoms with Gasteiger partial charge in [-0.25, -0.2) is 0 Å². The van der Waals surface area contributed by atoms with Crippen molar-refractivity contribution in [3.63, 3.8) is 0 Å². The lowest BCUT2D eigenvalue weighted by Gasteiger charge is -2.59. The minimum atomic E-state index is -0.122. The first-order valence-corrected chi connectivity index (χ1v) is 14.7. The van der Waals surface area contributed by atoms with E-state index in [0.29, 0.717) is 5.92 Å². The van der Waals surface area contributed by atoms with Crippen molar-refractivity contribution in [1.29, 1.82) is 0 Å². The third kappa shape index (κ3) is 4.24. The van der Waals surface area contributed by atoms with Crippen LogP contribution in [0.3, 0.4) is 0 Å². The van der Waals surface area contributed by atoms with Gasteiger partial charge in [0.2, 0.25) is 0 Å². The van der Waals surface area contributed by atoms with Crippen molar-refractivity contribution in [1.82, 2.24) is 13.8 Å². The van der Waals surface area contributed by atoms with Crippen LogP contribution in [0.15, 0.2) is 48.5 Å². The van der Waals surface area contributed by atoms with E-state index in [1.807, 2.05) is 11.5 Å². The number of piperidine rings is 1. The van der Waals surface area contributed by atoms with Crippen LogP contribution in [0.1, 0.15) is 51.4 Å². The van der Waals surface area contributed by atoms with Gasteiger partial charge in [-0.15, -0.1) is 0 Å². The molecule has 4 aliphatic carbocycles. The molecular formula is C30H39N3OS. The molecule has 3 aromatic rings. The largest absolute Gasteiger partial charge is 0.391 e. The maximum Gasteiger partial charge on any atom is 0.0743 e. The summed E-state index contributed by atoms with van der Waals surface area (Å²) >= 11 is 1.87. The van der Waals surface area contributed by atoms with Crippen LogP contribution in [-0.4, -0.2) is 44.7 Å². The van der Waals surface area contributed by atoms with E-state index in [-0.39, 0.29) is 11.5 Å². The smallest absolute Gasteiger partial charge is 0.0743 e. The molecule has 1 aliphatic heterocycles. The Hall–Kier alpha value is -1.82. The Morgan fingerprint density at radius 2 is 1.51 bits per heavy atom. The molecule has 1 atom stereocenters. The molecule has 2 N–H and O–H groups in total. The van der Waals surface area contributed by atoms with Crippen LogP contribution in [0.25, 0.3) is 21.3 Å². The van der Waals surface area contributed by atoms with Crippen LogP contribution in [0.2, 0.25) is 0 Å². The van der Waals surface area contributed by atoms with E-state index < -0.39 is 0 Å². The van der Waals surface area contributed by atoms with Crippen LogP contribution < -0.4 is 0 Å². The highest BCUT2D eigenvalue weighted by molar-refractivity contribution is 7.13. The number of aromatic amines is 1. The molecule has 2 aromatic carbocycles. The van der Waals surface area contributed by atoms with E-state index in [4.69, 9.17) is 0 Å². The minimum Gasteiger partial charge on any atom is -0.391 e. The lowest BCUT2D eigenvalue weighted by atomic mass is 9.48. The molecule has 5 fully saturated rings. The SMILES string of the molecule is O[C@H](CN1CCC(Cn2sc3ccccc3[nH]c3ccccc32)CC1)C12CC3CC(CC(C3)C1)C2. The number of aliphatic hydroxyl groups excluding tert-OH is 1. The average molecular weight is 490 g/mol. The number of H-pyrrole nitrogens is 1. The van der Waals surface area contributed by atoms with Crippen molar-refractivity contribution in [3.05, 3.63) is 48.5 Å². The van der Waals surface area contributed by atoms with E-state index >= 15 is 0 Å². The van der Waals surface area contributed by atoms with E-state index in [0.717, 1.165) is 43.9 Å². The van der Waals surface area contributed by atoms with E-state index in [9.17, 15) is 5.11 Å². The summed E-state index contributed by atoms with van der Waals surface area (Å²) in [5.41, 5.74) is 3.92. The molecule has 4 bridgehead atoms. The number of aliphatic hydroxyl groups is 1. The van der Waals surface area contributed by atoms with Gasteiger partial charge >= 0.3 is 0 Å². The maximum atomic E-state index is 11.5. The normalized spacial score (nSPS) is 31.9. The van der Waals surface area contributed by atoms with Crippen molar-refractivity contribution >= 4 is 32.8 Å². The van der Waals surface area contributed by atoms with Gasteiger partial charge in [0.05, 0.1) is 27.4 Å². The number of hydrogen-bond acceptors (Lipinski definition) is 3. The Bertz CT molecular complexity index is 1210. The summed E-state index contributed by atoms with van der Waals surface area (Å²) in [7, 11) is 0. The Morgan fingerprint density at radius 3 is 2.23 bits per heavy atom. The molecular weight excluding hydrogens is 450 g/mol. The summed E-state index contributed by atoms with van der Waals surface area (Å²) < 4.78 is 3.80. The van der Waals surface area contributed by atoms with Crippen LogP contribution in [0.4, 0.5) is 0 Å². The summed E-state index contributed by atoms with van der Waals surface area (Å²) in [5, 5.41) is 11.5. The predicted molar refractivity (Wildman–Crippen MR) is 145 cm³/mol. The maximum absolute atomic E-state index is 11.5. The molecule has 35 heavy (non-hydrogen) atoms. The highest BCUT2D eigenvalue weighted by atomic mass is 32.1. The first-order valence-electron chi connectivity index (χ1n) is 13.9. The van der Waals surface area contributed by atoms with Crippen molar-refractivity contribution in [3.8, 4) is 0 Å². The van der Waals surface area contributed by atoms with E-state index in [1.54, 1.807) is 0 Å². The third-order valence-electron chi connectivity index (χ3n) is 9.89. The zero-order valence-corrected chi connectivity index (χ0v) is 21.6. The Labute approximate surface area is 212 Å². The summed E-state index contributed by atoms with van der Waals surface area (Å²) in [4.78, 5) is 6.24. The molecule has 0 radical (unpaired) electrons. The van der Waals surface area contributed by atoms with Crippen LogP contribution in [0.5, 0.6) is 0 Å². The lowest BCUT2D eigenvalue weighted by molar-refractivity contribution is -0.128. The summed E-state index contributed by atoms with van der Waals surface area (Å²) in [6.45, 7) is 4.23. The summed E-state index contributed by atoms with van der Waals surface area (Å²) in [6, 6.07) is 17.4. The monoisotopic (exact) mass is 489 g/mol. The van der Waals surface area contributed by atoms with Crippen LogP contribution >= 0.6 is 11.5 Å². The highest BCUT2D eigenvalue weighted by Crippen LogP contribution is 2.61. The average Bonchev–Trinajstić information content (AvgIpc) is 3.01. The molecule has 4 saturated carbocycles. The first kappa shape index (κ1) is 22.4. The molecule has 5 heteroatoms. The van der Waals surface area contributed by atoms with Gasteiger partial charge in [-0.3, -0.25) is 3.96 Å². The molecule has 186 valence electrons. The first-order chi connectivity index (χ1) is 17.1. The van der Waals surface area contributed by atoms with Crippen molar-refractivity contribution in [2.75, 3.05) is 19.6 Å². The topological polar surface area (TPSA) is 44.2 Å². The molecule has 1 saturated heterocycles. The number of likely N-dealkylation sites (tertiary alicyclic amines) is 1. The third-order valence-corrected chi connectivity index (χ3v) is 11.0. The van der Waals surface area contributed by atoms with Gasteiger partial charge in [-0.1, -0.05) is 35.8 Å². The van der Waals surface area contributed by atoms with Crippen molar-refractivity contribution in [2.45, 2.75) is 64.0 Å². The zero-order valence-electron chi connectivity index (χ0n) is 20.7. The molecule has 0 unspecified atom stereocenters. The molecule has 2 heterocycles. The number of β-amino-alcohol motifs (C(OH)–C–C–N with tert-alkyl or cyclic N) is 1. The van der Waals surface area contributed by atoms with E-state index in [2.05, 4.69) is 62.4 Å². The zero-order chi connectivity index (χ0) is 23.4. The van der Waals surface area contributed by atoms with Gasteiger partial charge in [-0.2, -0.15) is 0 Å². The Morgan fingerprint density at radius 1 is 0.886 bits per heavy atom.